The van der Waals surface area contributed by atoms with E-state index >= 15 is 0 Å². The zero-order chi connectivity index (χ0) is 17.4. The molecule has 2 rings (SSSR count). The zero-order valence-corrected chi connectivity index (χ0v) is 15.5. The van der Waals surface area contributed by atoms with Crippen molar-refractivity contribution in [3.05, 3.63) is 57.9 Å². The highest BCUT2D eigenvalue weighted by atomic mass is 32.2. The summed E-state index contributed by atoms with van der Waals surface area (Å²) in [5, 5.41) is 0. The Morgan fingerprint density at radius 3 is 1.78 bits per heavy atom. The fraction of sp³-hybridized carbons (Fsp3) is 0.389. The molecule has 0 fully saturated rings. The lowest BCUT2D eigenvalue weighted by Crippen LogP contribution is -2.28. The maximum atomic E-state index is 13.1. The molecular formula is C18H24N2O2S. The molecule has 0 atom stereocenters. The standard InChI is InChI=1S/C18H24N2O2S/c1-12-13(2)15(4)18(16(5)14(12)3)23(21,22)20(6)11-17-7-9-19-10-8-17/h7-10H,11H2,1-6H3. The van der Waals surface area contributed by atoms with Crippen molar-refractivity contribution in [3.63, 3.8) is 0 Å². The van der Waals surface area contributed by atoms with Crippen molar-refractivity contribution < 1.29 is 8.42 Å². The molecule has 124 valence electrons. The molecule has 0 saturated heterocycles. The maximum Gasteiger partial charge on any atom is 0.243 e. The highest BCUT2D eigenvalue weighted by Crippen LogP contribution is 2.31. The van der Waals surface area contributed by atoms with Crippen LogP contribution in [0.25, 0.3) is 0 Å². The van der Waals surface area contributed by atoms with Gasteiger partial charge in [-0.3, -0.25) is 4.98 Å². The van der Waals surface area contributed by atoms with Crippen LogP contribution in [-0.2, 0) is 16.6 Å². The number of hydrogen-bond donors (Lipinski definition) is 0. The van der Waals surface area contributed by atoms with E-state index < -0.39 is 10.0 Å². The summed E-state index contributed by atoms with van der Waals surface area (Å²) in [5.41, 5.74) is 5.85. The van der Waals surface area contributed by atoms with Gasteiger partial charge < -0.3 is 0 Å². The Morgan fingerprint density at radius 1 is 0.870 bits per heavy atom. The van der Waals surface area contributed by atoms with Crippen LogP contribution in [0.15, 0.2) is 29.4 Å². The molecule has 0 amide bonds. The third-order valence-electron chi connectivity index (χ3n) is 4.75. The monoisotopic (exact) mass is 332 g/mol. The van der Waals surface area contributed by atoms with Gasteiger partial charge in [0, 0.05) is 26.0 Å². The molecule has 1 aromatic carbocycles. The van der Waals surface area contributed by atoms with Crippen molar-refractivity contribution in [3.8, 4) is 0 Å². The summed E-state index contributed by atoms with van der Waals surface area (Å²) in [5.74, 6) is 0. The summed E-state index contributed by atoms with van der Waals surface area (Å²) < 4.78 is 27.6. The van der Waals surface area contributed by atoms with Gasteiger partial charge in [0.05, 0.1) is 4.90 Å². The Kier molecular flexibility index (Phi) is 4.92. The van der Waals surface area contributed by atoms with Gasteiger partial charge in [-0.1, -0.05) is 0 Å². The molecule has 0 bridgehead atoms. The number of aromatic nitrogens is 1. The zero-order valence-electron chi connectivity index (χ0n) is 14.6. The van der Waals surface area contributed by atoms with Crippen LogP contribution in [0.2, 0.25) is 0 Å². The maximum absolute atomic E-state index is 13.1. The quantitative estimate of drug-likeness (QED) is 0.862. The van der Waals surface area contributed by atoms with Crippen LogP contribution in [0.3, 0.4) is 0 Å². The van der Waals surface area contributed by atoms with E-state index in [-0.39, 0.29) is 0 Å². The molecule has 1 heterocycles. The van der Waals surface area contributed by atoms with Crippen LogP contribution >= 0.6 is 0 Å². The fourth-order valence-electron chi connectivity index (χ4n) is 2.84. The van der Waals surface area contributed by atoms with Crippen LogP contribution in [0.1, 0.15) is 33.4 Å². The average molecular weight is 332 g/mol. The number of hydrogen-bond acceptors (Lipinski definition) is 3. The fourth-order valence-corrected chi connectivity index (χ4v) is 4.55. The van der Waals surface area contributed by atoms with E-state index in [1.165, 1.54) is 4.31 Å². The van der Waals surface area contributed by atoms with E-state index in [4.69, 9.17) is 0 Å². The summed E-state index contributed by atoms with van der Waals surface area (Å²) in [7, 11) is -1.92. The van der Waals surface area contributed by atoms with Gasteiger partial charge in [-0.05, 0) is 80.1 Å². The molecule has 0 unspecified atom stereocenters. The summed E-state index contributed by atoms with van der Waals surface area (Å²) in [6.45, 7) is 10.1. The van der Waals surface area contributed by atoms with E-state index in [9.17, 15) is 8.42 Å². The van der Waals surface area contributed by atoms with Crippen molar-refractivity contribution in [1.29, 1.82) is 0 Å². The molecule has 1 aromatic heterocycles. The third-order valence-corrected chi connectivity index (χ3v) is 6.83. The summed E-state index contributed by atoms with van der Waals surface area (Å²) in [4.78, 5) is 4.41. The van der Waals surface area contributed by atoms with Gasteiger partial charge in [-0.15, -0.1) is 0 Å². The molecule has 2 aromatic rings. The molecule has 23 heavy (non-hydrogen) atoms. The van der Waals surface area contributed by atoms with Gasteiger partial charge >= 0.3 is 0 Å². The number of rotatable bonds is 4. The Balaban J connectivity index is 2.52. The summed E-state index contributed by atoms with van der Waals surface area (Å²) >= 11 is 0. The molecule has 0 aliphatic heterocycles. The lowest BCUT2D eigenvalue weighted by Gasteiger charge is -2.23. The molecule has 0 aliphatic carbocycles. The minimum absolute atomic E-state index is 0.329. The molecule has 0 saturated carbocycles. The Bertz CT molecular complexity index is 799. The van der Waals surface area contributed by atoms with Crippen LogP contribution in [0.4, 0.5) is 0 Å². The number of benzene rings is 1. The van der Waals surface area contributed by atoms with Crippen molar-refractivity contribution >= 4 is 10.0 Å². The Morgan fingerprint density at radius 2 is 1.30 bits per heavy atom. The normalized spacial score (nSPS) is 12.0. The Hall–Kier alpha value is -1.72. The summed E-state index contributed by atoms with van der Waals surface area (Å²) in [6, 6.07) is 3.66. The van der Waals surface area contributed by atoms with E-state index in [0.717, 1.165) is 33.4 Å². The predicted molar refractivity (Wildman–Crippen MR) is 93.0 cm³/mol. The lowest BCUT2D eigenvalue weighted by atomic mass is 9.95. The second kappa shape index (κ2) is 6.42. The second-order valence-electron chi connectivity index (χ2n) is 6.07. The van der Waals surface area contributed by atoms with E-state index in [1.54, 1.807) is 19.4 Å². The average Bonchev–Trinajstić information content (AvgIpc) is 2.52. The minimum Gasteiger partial charge on any atom is -0.265 e. The molecule has 4 nitrogen and oxygen atoms in total. The first-order valence-electron chi connectivity index (χ1n) is 7.60. The van der Waals surface area contributed by atoms with Gasteiger partial charge in [0.2, 0.25) is 10.0 Å². The minimum atomic E-state index is -3.55. The summed E-state index contributed by atoms with van der Waals surface area (Å²) in [6.07, 6.45) is 3.35. The van der Waals surface area contributed by atoms with Gasteiger partial charge in [-0.2, -0.15) is 4.31 Å². The van der Waals surface area contributed by atoms with E-state index in [1.807, 2.05) is 46.8 Å². The topological polar surface area (TPSA) is 50.3 Å². The van der Waals surface area contributed by atoms with Crippen LogP contribution in [-0.4, -0.2) is 24.8 Å². The van der Waals surface area contributed by atoms with Crippen LogP contribution < -0.4 is 0 Å². The smallest absolute Gasteiger partial charge is 0.243 e. The molecule has 0 radical (unpaired) electrons. The first-order chi connectivity index (χ1) is 10.7. The molecular weight excluding hydrogens is 308 g/mol. The molecule has 0 spiro atoms. The molecule has 0 N–H and O–H groups in total. The highest BCUT2D eigenvalue weighted by Gasteiger charge is 2.27. The van der Waals surface area contributed by atoms with Crippen LogP contribution in [0, 0.1) is 34.6 Å². The highest BCUT2D eigenvalue weighted by molar-refractivity contribution is 7.89. The van der Waals surface area contributed by atoms with Crippen molar-refractivity contribution in [2.75, 3.05) is 7.05 Å². The lowest BCUT2D eigenvalue weighted by molar-refractivity contribution is 0.465. The number of pyridine rings is 1. The van der Waals surface area contributed by atoms with Crippen LogP contribution in [0.5, 0.6) is 0 Å². The SMILES string of the molecule is Cc1c(C)c(C)c(S(=O)(=O)N(C)Cc2ccncc2)c(C)c1C. The van der Waals surface area contributed by atoms with Crippen molar-refractivity contribution in [2.24, 2.45) is 0 Å². The Labute approximate surface area is 139 Å². The molecule has 0 aliphatic rings. The molecule has 5 heteroatoms. The second-order valence-corrected chi connectivity index (χ2v) is 8.05. The van der Waals surface area contributed by atoms with Gasteiger partial charge in [-0.25, -0.2) is 8.42 Å². The number of nitrogens with zero attached hydrogens (tertiary/aromatic N) is 2. The largest absolute Gasteiger partial charge is 0.265 e. The van der Waals surface area contributed by atoms with E-state index in [0.29, 0.717) is 11.4 Å². The van der Waals surface area contributed by atoms with Crippen molar-refractivity contribution in [1.82, 2.24) is 9.29 Å². The van der Waals surface area contributed by atoms with Gasteiger partial charge in [0.25, 0.3) is 0 Å². The van der Waals surface area contributed by atoms with Gasteiger partial charge in [0.1, 0.15) is 0 Å². The van der Waals surface area contributed by atoms with Crippen molar-refractivity contribution in [2.45, 2.75) is 46.1 Å². The first kappa shape index (κ1) is 17.6. The first-order valence-corrected chi connectivity index (χ1v) is 9.04. The third kappa shape index (κ3) is 3.16. The van der Waals surface area contributed by atoms with Gasteiger partial charge in [0.15, 0.2) is 0 Å². The number of sulfonamides is 1. The van der Waals surface area contributed by atoms with E-state index in [2.05, 4.69) is 4.98 Å². The predicted octanol–water partition coefficient (Wildman–Crippen LogP) is 3.44.